The number of carbonyl (C=O) groups is 2. The van der Waals surface area contributed by atoms with Gasteiger partial charge in [0.1, 0.15) is 0 Å². The highest BCUT2D eigenvalue weighted by molar-refractivity contribution is 6.45. The molecule has 0 aliphatic carbocycles. The third kappa shape index (κ3) is 3.41. The van der Waals surface area contributed by atoms with Gasteiger partial charge in [0.15, 0.2) is 5.76 Å². The molecule has 29 heavy (non-hydrogen) atoms. The summed E-state index contributed by atoms with van der Waals surface area (Å²) in [5, 5.41) is 10.4. The van der Waals surface area contributed by atoms with Crippen molar-refractivity contribution in [3.05, 3.63) is 64.9 Å². The van der Waals surface area contributed by atoms with E-state index in [-0.39, 0.29) is 5.57 Å². The summed E-state index contributed by atoms with van der Waals surface area (Å²) in [5.74, 6) is -0.900. The summed E-state index contributed by atoms with van der Waals surface area (Å²) < 4.78 is 0. The van der Waals surface area contributed by atoms with Crippen LogP contribution in [0.5, 0.6) is 0 Å². The molecule has 2 aromatic carbocycles. The smallest absolute Gasteiger partial charge is 0.301 e. The summed E-state index contributed by atoms with van der Waals surface area (Å²) in [6.45, 7) is 8.14. The zero-order valence-corrected chi connectivity index (χ0v) is 17.1. The predicted molar refractivity (Wildman–Crippen MR) is 115 cm³/mol. The Bertz CT molecular complexity index is 999. The number of carbonyl (C=O) groups excluding carboxylic acids is 2. The predicted octanol–water partition coefficient (Wildman–Crippen LogP) is 4.38. The second-order valence-electron chi connectivity index (χ2n) is 8.17. The molecule has 2 amide bonds. The van der Waals surface area contributed by atoms with Gasteiger partial charge >= 0.3 is 5.91 Å². The molecule has 0 unspecified atom stereocenters. The number of hydrogen-bond acceptors (Lipinski definition) is 4. The highest BCUT2D eigenvalue weighted by Gasteiger charge is 2.40. The Morgan fingerprint density at radius 3 is 2.14 bits per heavy atom. The van der Waals surface area contributed by atoms with Gasteiger partial charge in [-0.25, -0.2) is 4.90 Å². The van der Waals surface area contributed by atoms with Gasteiger partial charge in [-0.1, -0.05) is 30.7 Å². The van der Waals surface area contributed by atoms with Crippen LogP contribution in [0.2, 0.25) is 0 Å². The Hall–Kier alpha value is -3.08. The molecule has 150 valence electrons. The number of amides is 2. The summed E-state index contributed by atoms with van der Waals surface area (Å²) in [6, 6.07) is 13.0. The number of aliphatic hydroxyl groups excluding tert-OH is 1. The van der Waals surface area contributed by atoms with Crippen molar-refractivity contribution in [1.82, 2.24) is 0 Å². The van der Waals surface area contributed by atoms with Gasteiger partial charge in [-0.3, -0.25) is 9.59 Å². The maximum Gasteiger partial charge on any atom is 0.301 e. The number of rotatable bonds is 3. The van der Waals surface area contributed by atoms with Crippen LogP contribution in [-0.2, 0) is 9.59 Å². The van der Waals surface area contributed by atoms with E-state index in [0.717, 1.165) is 40.7 Å². The van der Waals surface area contributed by atoms with Gasteiger partial charge in [0, 0.05) is 18.8 Å². The van der Waals surface area contributed by atoms with E-state index in [9.17, 15) is 14.7 Å². The number of aliphatic hydroxyl groups is 1. The van der Waals surface area contributed by atoms with Crippen molar-refractivity contribution in [2.45, 2.75) is 33.6 Å². The maximum absolute atomic E-state index is 13.1. The van der Waals surface area contributed by atoms with E-state index in [4.69, 9.17) is 0 Å². The van der Waals surface area contributed by atoms with Crippen molar-refractivity contribution in [2.75, 3.05) is 22.9 Å². The van der Waals surface area contributed by atoms with Crippen molar-refractivity contribution < 1.29 is 14.7 Å². The molecule has 0 spiro atoms. The van der Waals surface area contributed by atoms with E-state index in [0.29, 0.717) is 11.3 Å². The lowest BCUT2D eigenvalue weighted by Gasteiger charge is -2.32. The van der Waals surface area contributed by atoms with Gasteiger partial charge in [-0.05, 0) is 68.0 Å². The van der Waals surface area contributed by atoms with Crippen LogP contribution in [0, 0.1) is 19.8 Å². The van der Waals surface area contributed by atoms with E-state index in [1.54, 1.807) is 18.2 Å². The molecule has 0 aromatic heterocycles. The summed E-state index contributed by atoms with van der Waals surface area (Å²) in [7, 11) is 0. The molecule has 1 N–H and O–H groups in total. The van der Waals surface area contributed by atoms with E-state index in [2.05, 4.69) is 11.8 Å². The maximum atomic E-state index is 13.1. The molecule has 4 rings (SSSR count). The second kappa shape index (κ2) is 7.39. The first-order chi connectivity index (χ1) is 13.9. The molecule has 0 radical (unpaired) electrons. The second-order valence-corrected chi connectivity index (χ2v) is 8.17. The highest BCUT2D eigenvalue weighted by Crippen LogP contribution is 2.34. The minimum Gasteiger partial charge on any atom is -0.502 e. The van der Waals surface area contributed by atoms with E-state index >= 15 is 0 Å². The summed E-state index contributed by atoms with van der Waals surface area (Å²) in [4.78, 5) is 29.1. The molecule has 2 heterocycles. The number of nitrogens with zero attached hydrogens (tertiary/aromatic N) is 2. The van der Waals surface area contributed by atoms with Crippen LogP contribution in [0.1, 0.15) is 36.5 Å². The summed E-state index contributed by atoms with van der Waals surface area (Å²) >= 11 is 0. The Labute approximate surface area is 171 Å². The topological polar surface area (TPSA) is 60.9 Å². The molecular weight excluding hydrogens is 364 g/mol. The number of aryl methyl sites for hydroxylation is 2. The zero-order chi connectivity index (χ0) is 20.7. The van der Waals surface area contributed by atoms with Gasteiger partial charge in [0.05, 0.1) is 11.3 Å². The number of imide groups is 1. The highest BCUT2D eigenvalue weighted by atomic mass is 16.3. The van der Waals surface area contributed by atoms with Crippen LogP contribution >= 0.6 is 0 Å². The van der Waals surface area contributed by atoms with E-state index in [1.165, 1.54) is 12.8 Å². The Morgan fingerprint density at radius 1 is 0.897 bits per heavy atom. The van der Waals surface area contributed by atoms with E-state index in [1.807, 2.05) is 38.1 Å². The Kier molecular flexibility index (Phi) is 4.91. The lowest BCUT2D eigenvalue weighted by Crippen LogP contribution is -2.33. The van der Waals surface area contributed by atoms with Crippen LogP contribution in [0.15, 0.2) is 48.2 Å². The first-order valence-corrected chi connectivity index (χ1v) is 10.1. The van der Waals surface area contributed by atoms with Gasteiger partial charge in [-0.15, -0.1) is 0 Å². The van der Waals surface area contributed by atoms with Gasteiger partial charge in [-0.2, -0.15) is 0 Å². The van der Waals surface area contributed by atoms with Gasteiger partial charge < -0.3 is 10.0 Å². The molecular formula is C24H26N2O3. The summed E-state index contributed by atoms with van der Waals surface area (Å²) in [6.07, 6.45) is 2.34. The average molecular weight is 390 g/mol. The molecule has 1 fully saturated rings. The molecule has 5 heteroatoms. The molecule has 1 saturated heterocycles. The third-order valence-electron chi connectivity index (χ3n) is 5.97. The van der Waals surface area contributed by atoms with Crippen LogP contribution in [0.4, 0.5) is 11.4 Å². The minimum absolute atomic E-state index is 0.0709. The molecule has 2 aliphatic heterocycles. The van der Waals surface area contributed by atoms with Crippen LogP contribution in [0.3, 0.4) is 0 Å². The first kappa shape index (κ1) is 19.2. The van der Waals surface area contributed by atoms with Crippen molar-refractivity contribution in [2.24, 2.45) is 5.92 Å². The Morgan fingerprint density at radius 2 is 1.52 bits per heavy atom. The molecule has 2 aromatic rings. The zero-order valence-electron chi connectivity index (χ0n) is 17.1. The SMILES string of the molecule is Cc1ccc(C2=C(O)C(=O)N(c3ccc(N4CCC(C)CC4)cc3)C2=O)c(C)c1. The first-order valence-electron chi connectivity index (χ1n) is 10.1. The van der Waals surface area contributed by atoms with Crippen molar-refractivity contribution in [3.63, 3.8) is 0 Å². The normalized spacial score (nSPS) is 18.2. The number of piperidine rings is 1. The van der Waals surface area contributed by atoms with Crippen LogP contribution < -0.4 is 9.80 Å². The fourth-order valence-electron chi connectivity index (χ4n) is 4.17. The minimum atomic E-state index is -0.676. The molecule has 2 aliphatic rings. The van der Waals surface area contributed by atoms with Crippen molar-refractivity contribution in [1.29, 1.82) is 0 Å². The van der Waals surface area contributed by atoms with Crippen LogP contribution in [0.25, 0.3) is 5.57 Å². The lowest BCUT2D eigenvalue weighted by atomic mass is 9.98. The molecule has 0 bridgehead atoms. The molecule has 0 saturated carbocycles. The largest absolute Gasteiger partial charge is 0.502 e. The number of benzene rings is 2. The van der Waals surface area contributed by atoms with Crippen molar-refractivity contribution >= 4 is 28.8 Å². The average Bonchev–Trinajstić information content (AvgIpc) is 2.92. The summed E-state index contributed by atoms with van der Waals surface area (Å²) in [5.41, 5.74) is 4.13. The Balaban J connectivity index is 1.60. The van der Waals surface area contributed by atoms with Gasteiger partial charge in [0.25, 0.3) is 5.91 Å². The standard InChI is InChI=1S/C24H26N2O3/c1-15-10-12-25(13-11-15)18-5-7-19(8-6-18)26-23(28)21(22(27)24(26)29)20-9-4-16(2)14-17(20)3/h4-9,14-15,27H,10-13H2,1-3H3. The quantitative estimate of drug-likeness (QED) is 0.790. The fraction of sp³-hybridized carbons (Fsp3) is 0.333. The lowest BCUT2D eigenvalue weighted by molar-refractivity contribution is -0.121. The van der Waals surface area contributed by atoms with Crippen LogP contribution in [-0.4, -0.2) is 30.0 Å². The van der Waals surface area contributed by atoms with Crippen molar-refractivity contribution in [3.8, 4) is 0 Å². The number of hydrogen-bond donors (Lipinski definition) is 1. The molecule has 0 atom stereocenters. The third-order valence-corrected chi connectivity index (χ3v) is 5.97. The fourth-order valence-corrected chi connectivity index (χ4v) is 4.17. The monoisotopic (exact) mass is 390 g/mol. The van der Waals surface area contributed by atoms with E-state index < -0.39 is 17.6 Å². The number of anilines is 2. The van der Waals surface area contributed by atoms with Gasteiger partial charge in [0.2, 0.25) is 0 Å². The molecule has 5 nitrogen and oxygen atoms in total.